The third-order valence-electron chi connectivity index (χ3n) is 10.7. The molecule has 10 aromatic rings. The van der Waals surface area contributed by atoms with Gasteiger partial charge >= 0.3 is 0 Å². The summed E-state index contributed by atoms with van der Waals surface area (Å²) in [4.78, 5) is 10.7. The number of hydrogen-bond donors (Lipinski definition) is 0. The molecule has 0 atom stereocenters. The van der Waals surface area contributed by atoms with E-state index in [2.05, 4.69) is 156 Å². The summed E-state index contributed by atoms with van der Waals surface area (Å²) in [7, 11) is 0. The van der Waals surface area contributed by atoms with Crippen LogP contribution in [0.5, 0.6) is 0 Å². The molecule has 7 aromatic carbocycles. The topological polar surface area (TPSA) is 35.1 Å². The van der Waals surface area contributed by atoms with Crippen LogP contribution in [0.2, 0.25) is 0 Å². The third kappa shape index (κ3) is 3.08. The molecule has 3 heterocycles. The Morgan fingerprint density at radius 2 is 1.23 bits per heavy atom. The molecule has 0 aliphatic heterocycles. The van der Waals surface area contributed by atoms with Crippen molar-refractivity contribution in [3.05, 3.63) is 145 Å². The summed E-state index contributed by atoms with van der Waals surface area (Å²) in [6.07, 6.45) is 0. The highest BCUT2D eigenvalue weighted by molar-refractivity contribution is 6.30. The highest BCUT2D eigenvalue weighted by atomic mass is 15.2. The summed E-state index contributed by atoms with van der Waals surface area (Å²) in [6, 6.07) is 48.4. The number of rotatable bonds is 1. The van der Waals surface area contributed by atoms with Gasteiger partial charge in [0.25, 0.3) is 0 Å². The fourth-order valence-corrected chi connectivity index (χ4v) is 8.58. The van der Waals surface area contributed by atoms with Gasteiger partial charge in [0.05, 0.1) is 27.6 Å². The number of para-hydroxylation sites is 3. The minimum Gasteiger partial charge on any atom is -0.279 e. The summed E-state index contributed by atoms with van der Waals surface area (Å²) in [5.41, 5.74) is 11.4. The number of nitrogens with zero attached hydrogens (tertiary/aromatic N) is 4. The van der Waals surface area contributed by atoms with Crippen LogP contribution in [0.15, 0.2) is 133 Å². The molecule has 0 saturated heterocycles. The normalized spacial score (nSPS) is 13.9. The summed E-state index contributed by atoms with van der Waals surface area (Å²) < 4.78 is 4.66. The van der Waals surface area contributed by atoms with Crippen molar-refractivity contribution in [2.45, 2.75) is 19.3 Å². The van der Waals surface area contributed by atoms with Gasteiger partial charge in [-0.15, -0.1) is 0 Å². The van der Waals surface area contributed by atoms with Gasteiger partial charge in [-0.05, 0) is 74.6 Å². The molecule has 3 aromatic heterocycles. The van der Waals surface area contributed by atoms with Crippen LogP contribution in [0.4, 0.5) is 0 Å². The van der Waals surface area contributed by atoms with Gasteiger partial charge in [0.2, 0.25) is 5.95 Å². The van der Waals surface area contributed by atoms with Gasteiger partial charge in [0.1, 0.15) is 5.65 Å². The molecule has 1 aliphatic carbocycles. The molecule has 0 bridgehead atoms. The van der Waals surface area contributed by atoms with Crippen LogP contribution >= 0.6 is 0 Å². The van der Waals surface area contributed by atoms with E-state index < -0.39 is 0 Å². The molecule has 0 saturated carbocycles. The second kappa shape index (κ2) is 8.62. The Kier molecular flexibility index (Phi) is 4.63. The van der Waals surface area contributed by atoms with E-state index in [0.717, 1.165) is 44.6 Å². The fourth-order valence-electron chi connectivity index (χ4n) is 8.58. The zero-order chi connectivity index (χ0) is 31.0. The van der Waals surface area contributed by atoms with E-state index >= 15 is 0 Å². The lowest BCUT2D eigenvalue weighted by atomic mass is 9.68. The number of benzene rings is 7. The first-order chi connectivity index (χ1) is 23.1. The molecular weight excluding hydrogens is 573 g/mol. The maximum atomic E-state index is 5.47. The lowest BCUT2D eigenvalue weighted by Gasteiger charge is -2.35. The lowest BCUT2D eigenvalue weighted by Crippen LogP contribution is -2.23. The standard InChI is InChI=1S/C43H28N4/c1-43(2)30-17-7-5-15-28(30)39-37-26(13-11-18-31(37)43)24-36-40(39)38-27-14-4-3-12-25(27)22-23-35(38)46(36)42-45-32-19-8-6-16-29(32)41-44-33-20-9-10-21-34(33)47(41)42/h3-24H,1-2H3. The van der Waals surface area contributed by atoms with Crippen LogP contribution in [-0.4, -0.2) is 18.9 Å². The molecule has 0 unspecified atom stereocenters. The van der Waals surface area contributed by atoms with Crippen molar-refractivity contribution in [2.24, 2.45) is 0 Å². The first kappa shape index (κ1) is 25.2. The quantitative estimate of drug-likeness (QED) is 0.188. The summed E-state index contributed by atoms with van der Waals surface area (Å²) >= 11 is 0. The monoisotopic (exact) mass is 600 g/mol. The summed E-state index contributed by atoms with van der Waals surface area (Å²) in [5, 5.41) is 8.64. The lowest BCUT2D eigenvalue weighted by molar-refractivity contribution is 0.645. The van der Waals surface area contributed by atoms with E-state index in [4.69, 9.17) is 9.97 Å². The molecule has 0 fully saturated rings. The Bertz CT molecular complexity index is 2990. The van der Waals surface area contributed by atoms with Crippen molar-refractivity contribution in [3.63, 3.8) is 0 Å². The van der Waals surface area contributed by atoms with Crippen molar-refractivity contribution in [1.82, 2.24) is 18.9 Å². The number of fused-ring (bicyclic) bond motifs is 13. The van der Waals surface area contributed by atoms with Crippen LogP contribution in [0.25, 0.3) is 88.0 Å². The first-order valence-corrected chi connectivity index (χ1v) is 16.3. The number of aromatic nitrogens is 4. The summed E-state index contributed by atoms with van der Waals surface area (Å²) in [5.74, 6) is 0.842. The molecule has 0 spiro atoms. The average molecular weight is 601 g/mol. The Hall–Kier alpha value is -6.00. The van der Waals surface area contributed by atoms with Crippen LogP contribution in [-0.2, 0) is 5.41 Å². The molecule has 11 rings (SSSR count). The first-order valence-electron chi connectivity index (χ1n) is 16.3. The van der Waals surface area contributed by atoms with Crippen LogP contribution in [0.1, 0.15) is 25.0 Å². The van der Waals surface area contributed by atoms with Gasteiger partial charge in [-0.25, -0.2) is 9.97 Å². The Labute approximate surface area is 270 Å². The third-order valence-corrected chi connectivity index (χ3v) is 10.7. The molecule has 1 aliphatic rings. The number of imidazole rings is 1. The van der Waals surface area contributed by atoms with Gasteiger partial charge < -0.3 is 0 Å². The highest BCUT2D eigenvalue weighted by Gasteiger charge is 2.35. The summed E-state index contributed by atoms with van der Waals surface area (Å²) in [6.45, 7) is 4.73. The average Bonchev–Trinajstić information content (AvgIpc) is 3.66. The van der Waals surface area contributed by atoms with Crippen molar-refractivity contribution in [1.29, 1.82) is 0 Å². The molecule has 0 radical (unpaired) electrons. The predicted octanol–water partition coefficient (Wildman–Crippen LogP) is 10.7. The van der Waals surface area contributed by atoms with Gasteiger partial charge in [0, 0.05) is 27.1 Å². The van der Waals surface area contributed by atoms with Gasteiger partial charge in [-0.1, -0.05) is 111 Å². The Balaban J connectivity index is 1.45. The van der Waals surface area contributed by atoms with E-state index in [-0.39, 0.29) is 5.41 Å². The molecule has 0 amide bonds. The van der Waals surface area contributed by atoms with E-state index in [0.29, 0.717) is 0 Å². The molecule has 47 heavy (non-hydrogen) atoms. The molecule has 4 heteroatoms. The van der Waals surface area contributed by atoms with E-state index in [1.54, 1.807) is 0 Å². The van der Waals surface area contributed by atoms with Crippen LogP contribution < -0.4 is 0 Å². The second-order valence-corrected chi connectivity index (χ2v) is 13.4. The largest absolute Gasteiger partial charge is 0.279 e. The zero-order valence-electron chi connectivity index (χ0n) is 26.0. The molecule has 220 valence electrons. The van der Waals surface area contributed by atoms with Crippen molar-refractivity contribution in [2.75, 3.05) is 0 Å². The molecule has 4 nitrogen and oxygen atoms in total. The Morgan fingerprint density at radius 1 is 0.511 bits per heavy atom. The van der Waals surface area contributed by atoms with E-state index in [1.807, 2.05) is 0 Å². The maximum Gasteiger partial charge on any atom is 0.221 e. The fraction of sp³-hybridized carbons (Fsp3) is 0.0698. The maximum absolute atomic E-state index is 5.47. The van der Waals surface area contributed by atoms with Crippen LogP contribution in [0, 0.1) is 0 Å². The Morgan fingerprint density at radius 3 is 2.15 bits per heavy atom. The van der Waals surface area contributed by atoms with Gasteiger partial charge in [0.15, 0.2) is 0 Å². The second-order valence-electron chi connectivity index (χ2n) is 13.4. The smallest absolute Gasteiger partial charge is 0.221 e. The minimum atomic E-state index is -0.126. The minimum absolute atomic E-state index is 0.126. The SMILES string of the molecule is CC1(C)c2ccccc2-c2c3c1cccc3cc1c2c2c3ccccc3ccc2n1-c1nc2ccccc2c2nc3ccccc3n12. The van der Waals surface area contributed by atoms with Gasteiger partial charge in [-0.2, -0.15) is 0 Å². The van der Waals surface area contributed by atoms with E-state index in [1.165, 1.54) is 54.6 Å². The van der Waals surface area contributed by atoms with Crippen molar-refractivity contribution < 1.29 is 0 Å². The van der Waals surface area contributed by atoms with Crippen LogP contribution in [0.3, 0.4) is 0 Å². The van der Waals surface area contributed by atoms with Crippen molar-refractivity contribution >= 4 is 70.9 Å². The van der Waals surface area contributed by atoms with E-state index in [9.17, 15) is 0 Å². The predicted molar refractivity (Wildman–Crippen MR) is 195 cm³/mol. The highest BCUT2D eigenvalue weighted by Crippen LogP contribution is 2.53. The van der Waals surface area contributed by atoms with Crippen molar-refractivity contribution in [3.8, 4) is 17.1 Å². The number of hydrogen-bond acceptors (Lipinski definition) is 2. The molecule has 0 N–H and O–H groups in total. The molecular formula is C43H28N4. The zero-order valence-corrected chi connectivity index (χ0v) is 26.0. The van der Waals surface area contributed by atoms with Gasteiger partial charge in [-0.3, -0.25) is 8.97 Å².